The molecule has 1 atom stereocenters. The van der Waals surface area contributed by atoms with Crippen LogP contribution in [0.3, 0.4) is 0 Å². The molecule has 94 valence electrons. The van der Waals surface area contributed by atoms with Gasteiger partial charge in [-0.1, -0.05) is 18.0 Å². The third kappa shape index (κ3) is 2.86. The van der Waals surface area contributed by atoms with E-state index < -0.39 is 0 Å². The van der Waals surface area contributed by atoms with Crippen LogP contribution in [0.25, 0.3) is 0 Å². The highest BCUT2D eigenvalue weighted by molar-refractivity contribution is 4.93. The van der Waals surface area contributed by atoms with Crippen molar-refractivity contribution in [2.45, 2.75) is 57.5 Å². The maximum atomic E-state index is 10.1. The van der Waals surface area contributed by atoms with E-state index in [0.717, 1.165) is 31.0 Å². The molecular weight excluding hydrogens is 216 g/mol. The standard InChI is InChI=1S/C13H20N2O2/c16-11(10-3-1-2-4-10)8-13-14-12(15-17-13)7-9-5-6-9/h9-11,16H,1-8H2. The van der Waals surface area contributed by atoms with E-state index in [1.54, 1.807) is 0 Å². The Bertz CT molecular complexity index is 367. The van der Waals surface area contributed by atoms with Crippen molar-refractivity contribution in [2.24, 2.45) is 11.8 Å². The lowest BCUT2D eigenvalue weighted by molar-refractivity contribution is 0.102. The summed E-state index contributed by atoms with van der Waals surface area (Å²) in [4.78, 5) is 4.36. The zero-order valence-corrected chi connectivity index (χ0v) is 10.1. The molecule has 2 saturated carbocycles. The first-order chi connectivity index (χ1) is 8.31. The van der Waals surface area contributed by atoms with Gasteiger partial charge < -0.3 is 9.63 Å². The van der Waals surface area contributed by atoms with Crippen LogP contribution in [-0.2, 0) is 12.8 Å². The van der Waals surface area contributed by atoms with Crippen molar-refractivity contribution >= 4 is 0 Å². The molecule has 0 amide bonds. The van der Waals surface area contributed by atoms with Crippen LogP contribution in [0.15, 0.2) is 4.52 Å². The van der Waals surface area contributed by atoms with Gasteiger partial charge in [-0.25, -0.2) is 0 Å². The van der Waals surface area contributed by atoms with Gasteiger partial charge in [0.15, 0.2) is 5.82 Å². The van der Waals surface area contributed by atoms with E-state index in [4.69, 9.17) is 4.52 Å². The van der Waals surface area contributed by atoms with Crippen molar-refractivity contribution in [1.29, 1.82) is 0 Å². The van der Waals surface area contributed by atoms with E-state index >= 15 is 0 Å². The molecule has 2 aliphatic carbocycles. The average molecular weight is 236 g/mol. The second-order valence-corrected chi connectivity index (χ2v) is 5.57. The summed E-state index contributed by atoms with van der Waals surface area (Å²) in [6.45, 7) is 0. The van der Waals surface area contributed by atoms with Crippen molar-refractivity contribution in [3.8, 4) is 0 Å². The van der Waals surface area contributed by atoms with Gasteiger partial charge in [0.2, 0.25) is 5.89 Å². The summed E-state index contributed by atoms with van der Waals surface area (Å²) < 4.78 is 5.20. The molecule has 1 aromatic rings. The van der Waals surface area contributed by atoms with E-state index in [1.807, 2.05) is 0 Å². The number of aromatic nitrogens is 2. The molecule has 0 bridgehead atoms. The first kappa shape index (κ1) is 11.2. The molecule has 4 heteroatoms. The maximum absolute atomic E-state index is 10.1. The van der Waals surface area contributed by atoms with E-state index in [2.05, 4.69) is 10.1 Å². The summed E-state index contributed by atoms with van der Waals surface area (Å²) in [7, 11) is 0. The smallest absolute Gasteiger partial charge is 0.229 e. The molecular formula is C13H20N2O2. The van der Waals surface area contributed by atoms with Crippen molar-refractivity contribution in [3.05, 3.63) is 11.7 Å². The molecule has 0 aromatic carbocycles. The fourth-order valence-electron chi connectivity index (χ4n) is 2.72. The number of aliphatic hydroxyl groups is 1. The highest BCUT2D eigenvalue weighted by atomic mass is 16.5. The molecule has 1 heterocycles. The summed E-state index contributed by atoms with van der Waals surface area (Å²) >= 11 is 0. The molecule has 4 nitrogen and oxygen atoms in total. The van der Waals surface area contributed by atoms with Crippen LogP contribution in [-0.4, -0.2) is 21.4 Å². The summed E-state index contributed by atoms with van der Waals surface area (Å²) in [5.74, 6) is 2.65. The predicted molar refractivity (Wildman–Crippen MR) is 62.4 cm³/mol. The SMILES string of the molecule is OC(Cc1nc(CC2CC2)no1)C1CCCC1. The summed E-state index contributed by atoms with van der Waals surface area (Å²) in [6, 6.07) is 0. The van der Waals surface area contributed by atoms with Gasteiger partial charge in [-0.2, -0.15) is 4.98 Å². The molecule has 2 fully saturated rings. The lowest BCUT2D eigenvalue weighted by Gasteiger charge is -2.14. The molecule has 17 heavy (non-hydrogen) atoms. The summed E-state index contributed by atoms with van der Waals surface area (Å²) in [6.07, 6.45) is 8.56. The lowest BCUT2D eigenvalue weighted by Crippen LogP contribution is -2.20. The maximum Gasteiger partial charge on any atom is 0.229 e. The van der Waals surface area contributed by atoms with Crippen LogP contribution in [0.4, 0.5) is 0 Å². The molecule has 0 aliphatic heterocycles. The van der Waals surface area contributed by atoms with E-state index in [-0.39, 0.29) is 6.10 Å². The van der Waals surface area contributed by atoms with Gasteiger partial charge in [0.1, 0.15) is 0 Å². The first-order valence-corrected chi connectivity index (χ1v) is 6.81. The Morgan fingerprint density at radius 3 is 2.71 bits per heavy atom. The van der Waals surface area contributed by atoms with Crippen molar-refractivity contribution in [2.75, 3.05) is 0 Å². The van der Waals surface area contributed by atoms with Gasteiger partial charge >= 0.3 is 0 Å². The van der Waals surface area contributed by atoms with Crippen LogP contribution < -0.4 is 0 Å². The molecule has 0 saturated heterocycles. The first-order valence-electron chi connectivity index (χ1n) is 6.81. The fraction of sp³-hybridized carbons (Fsp3) is 0.846. The molecule has 0 radical (unpaired) electrons. The van der Waals surface area contributed by atoms with E-state index in [0.29, 0.717) is 18.2 Å². The van der Waals surface area contributed by atoms with Gasteiger partial charge in [-0.15, -0.1) is 0 Å². The van der Waals surface area contributed by atoms with Gasteiger partial charge in [0.25, 0.3) is 0 Å². The van der Waals surface area contributed by atoms with Crippen molar-refractivity contribution < 1.29 is 9.63 Å². The number of hydrogen-bond donors (Lipinski definition) is 1. The molecule has 1 unspecified atom stereocenters. The van der Waals surface area contributed by atoms with Gasteiger partial charge in [0, 0.05) is 6.42 Å². The second-order valence-electron chi connectivity index (χ2n) is 5.57. The second kappa shape index (κ2) is 4.77. The molecule has 1 N–H and O–H groups in total. The normalized spacial score (nSPS) is 23.1. The zero-order valence-electron chi connectivity index (χ0n) is 10.1. The minimum absolute atomic E-state index is 0.299. The monoisotopic (exact) mass is 236 g/mol. The largest absolute Gasteiger partial charge is 0.392 e. The Labute approximate surface area is 101 Å². The van der Waals surface area contributed by atoms with Crippen molar-refractivity contribution in [3.63, 3.8) is 0 Å². The minimum atomic E-state index is -0.299. The molecule has 1 aromatic heterocycles. The Balaban J connectivity index is 1.54. The van der Waals surface area contributed by atoms with Gasteiger partial charge in [0.05, 0.1) is 12.5 Å². The van der Waals surface area contributed by atoms with Crippen LogP contribution in [0.2, 0.25) is 0 Å². The Morgan fingerprint density at radius 1 is 1.24 bits per heavy atom. The lowest BCUT2D eigenvalue weighted by atomic mass is 9.98. The Hall–Kier alpha value is -0.900. The number of nitrogens with zero attached hydrogens (tertiary/aromatic N) is 2. The van der Waals surface area contributed by atoms with Crippen LogP contribution in [0, 0.1) is 11.8 Å². The quantitative estimate of drug-likeness (QED) is 0.850. The highest BCUT2D eigenvalue weighted by Crippen LogP contribution is 2.32. The Kier molecular flexibility index (Phi) is 3.14. The van der Waals surface area contributed by atoms with Crippen LogP contribution >= 0.6 is 0 Å². The Morgan fingerprint density at radius 2 is 2.00 bits per heavy atom. The third-order valence-corrected chi connectivity index (χ3v) is 4.01. The minimum Gasteiger partial charge on any atom is -0.392 e. The number of rotatable bonds is 5. The molecule has 2 aliphatic rings. The number of aliphatic hydroxyl groups excluding tert-OH is 1. The topological polar surface area (TPSA) is 59.2 Å². The molecule has 0 spiro atoms. The number of hydrogen-bond acceptors (Lipinski definition) is 4. The zero-order chi connectivity index (χ0) is 11.7. The summed E-state index contributed by atoms with van der Waals surface area (Å²) in [5, 5.41) is 14.1. The fourth-order valence-corrected chi connectivity index (χ4v) is 2.72. The van der Waals surface area contributed by atoms with Crippen LogP contribution in [0.5, 0.6) is 0 Å². The molecule has 3 rings (SSSR count). The van der Waals surface area contributed by atoms with Crippen LogP contribution in [0.1, 0.15) is 50.2 Å². The van der Waals surface area contributed by atoms with E-state index in [1.165, 1.54) is 25.7 Å². The van der Waals surface area contributed by atoms with Gasteiger partial charge in [-0.3, -0.25) is 0 Å². The highest BCUT2D eigenvalue weighted by Gasteiger charge is 2.27. The third-order valence-electron chi connectivity index (χ3n) is 4.01. The van der Waals surface area contributed by atoms with Gasteiger partial charge in [-0.05, 0) is 37.5 Å². The predicted octanol–water partition coefficient (Wildman–Crippen LogP) is 2.12. The average Bonchev–Trinajstić information content (AvgIpc) is 2.83. The van der Waals surface area contributed by atoms with Crippen molar-refractivity contribution in [1.82, 2.24) is 10.1 Å². The summed E-state index contributed by atoms with van der Waals surface area (Å²) in [5.41, 5.74) is 0. The van der Waals surface area contributed by atoms with E-state index in [9.17, 15) is 5.11 Å².